The van der Waals surface area contributed by atoms with Crippen LogP contribution in [0.3, 0.4) is 0 Å². The van der Waals surface area contributed by atoms with E-state index >= 15 is 0 Å². The lowest BCUT2D eigenvalue weighted by Gasteiger charge is -2.33. The molecule has 4 heterocycles. The summed E-state index contributed by atoms with van der Waals surface area (Å²) in [7, 11) is 0. The van der Waals surface area contributed by atoms with Gasteiger partial charge in [-0.25, -0.2) is 4.98 Å². The first-order valence-electron chi connectivity index (χ1n) is 9.39. The summed E-state index contributed by atoms with van der Waals surface area (Å²) in [5.74, 6) is 1.02. The fraction of sp³-hybridized carbons (Fsp3) is 0.579. The molecule has 0 amide bonds. The Morgan fingerprint density at radius 1 is 1.31 bits per heavy atom. The summed E-state index contributed by atoms with van der Waals surface area (Å²) in [6, 6.07) is 6.10. The van der Waals surface area contributed by atoms with Crippen molar-refractivity contribution in [2.45, 2.75) is 32.2 Å². The first-order chi connectivity index (χ1) is 12.7. The maximum Gasteiger partial charge on any atom is 0.252 e. The van der Waals surface area contributed by atoms with Crippen molar-refractivity contribution in [3.05, 3.63) is 44.0 Å². The van der Waals surface area contributed by atoms with Gasteiger partial charge >= 0.3 is 0 Å². The topological polar surface area (TPSA) is 61.5 Å². The SMILES string of the molecule is Cc1ccc(CN2CCC[C@@H](c3cc(=O)[nH]c(N4CCOCC4)n3)C2)s1. The molecule has 0 bridgehead atoms. The number of likely N-dealkylation sites (tertiary alicyclic amines) is 1. The van der Waals surface area contributed by atoms with Crippen LogP contribution in [0.1, 0.15) is 34.2 Å². The highest BCUT2D eigenvalue weighted by atomic mass is 32.1. The number of piperidine rings is 1. The maximum atomic E-state index is 12.2. The van der Waals surface area contributed by atoms with Crippen LogP contribution in [0.2, 0.25) is 0 Å². The van der Waals surface area contributed by atoms with Gasteiger partial charge in [-0.2, -0.15) is 0 Å². The number of rotatable bonds is 4. The Hall–Kier alpha value is -1.70. The van der Waals surface area contributed by atoms with Crippen LogP contribution < -0.4 is 10.5 Å². The number of hydrogen-bond acceptors (Lipinski definition) is 6. The van der Waals surface area contributed by atoms with Gasteiger partial charge in [-0.3, -0.25) is 14.7 Å². The Morgan fingerprint density at radius 2 is 2.15 bits per heavy atom. The van der Waals surface area contributed by atoms with E-state index in [0.29, 0.717) is 25.1 Å². The van der Waals surface area contributed by atoms with Crippen molar-refractivity contribution in [3.8, 4) is 0 Å². The molecule has 0 radical (unpaired) electrons. The number of nitrogens with zero attached hydrogens (tertiary/aromatic N) is 3. The molecular formula is C19H26N4O2S. The second-order valence-corrected chi connectivity index (χ2v) is 8.55. The van der Waals surface area contributed by atoms with Crippen molar-refractivity contribution >= 4 is 17.3 Å². The van der Waals surface area contributed by atoms with Gasteiger partial charge in [0.15, 0.2) is 0 Å². The molecule has 0 aliphatic carbocycles. The van der Waals surface area contributed by atoms with Gasteiger partial charge in [-0.05, 0) is 38.4 Å². The van der Waals surface area contributed by atoms with E-state index < -0.39 is 0 Å². The molecule has 6 nitrogen and oxygen atoms in total. The van der Waals surface area contributed by atoms with Gasteiger partial charge in [0.25, 0.3) is 5.56 Å². The lowest BCUT2D eigenvalue weighted by molar-refractivity contribution is 0.122. The second-order valence-electron chi connectivity index (χ2n) is 7.18. The van der Waals surface area contributed by atoms with Crippen molar-refractivity contribution < 1.29 is 4.74 Å². The molecule has 7 heteroatoms. The van der Waals surface area contributed by atoms with E-state index in [-0.39, 0.29) is 5.56 Å². The van der Waals surface area contributed by atoms with E-state index in [1.165, 1.54) is 9.75 Å². The first kappa shape index (κ1) is 17.7. The number of anilines is 1. The molecule has 0 aromatic carbocycles. The predicted molar refractivity (Wildman–Crippen MR) is 104 cm³/mol. The van der Waals surface area contributed by atoms with Gasteiger partial charge in [-0.1, -0.05) is 0 Å². The summed E-state index contributed by atoms with van der Waals surface area (Å²) >= 11 is 1.87. The number of aromatic nitrogens is 2. The summed E-state index contributed by atoms with van der Waals surface area (Å²) in [6.45, 7) is 8.16. The molecule has 2 aliphatic heterocycles. The molecule has 2 aromatic heterocycles. The Bertz CT molecular complexity index is 797. The van der Waals surface area contributed by atoms with Crippen LogP contribution in [0.25, 0.3) is 0 Å². The predicted octanol–water partition coefficient (Wildman–Crippen LogP) is 2.36. The van der Waals surface area contributed by atoms with E-state index in [0.717, 1.165) is 51.3 Å². The zero-order chi connectivity index (χ0) is 17.9. The van der Waals surface area contributed by atoms with Crippen LogP contribution in [-0.2, 0) is 11.3 Å². The molecule has 1 N–H and O–H groups in total. The van der Waals surface area contributed by atoms with Crippen LogP contribution in [0, 0.1) is 6.92 Å². The number of thiophene rings is 1. The molecule has 0 unspecified atom stereocenters. The Balaban J connectivity index is 1.49. The molecule has 0 saturated carbocycles. The monoisotopic (exact) mass is 374 g/mol. The molecule has 26 heavy (non-hydrogen) atoms. The van der Waals surface area contributed by atoms with Crippen molar-refractivity contribution in [3.63, 3.8) is 0 Å². The number of hydrogen-bond donors (Lipinski definition) is 1. The van der Waals surface area contributed by atoms with E-state index in [1.54, 1.807) is 6.07 Å². The van der Waals surface area contributed by atoms with Crippen LogP contribution in [0.4, 0.5) is 5.95 Å². The standard InChI is InChI=1S/C19H26N4O2S/c1-14-4-5-16(26-14)13-22-6-2-3-15(12-22)17-11-18(24)21-19(20-17)23-7-9-25-10-8-23/h4-5,11,15H,2-3,6-10,12-13H2,1H3,(H,20,21,24)/t15-/m1/s1. The largest absolute Gasteiger partial charge is 0.378 e. The number of aromatic amines is 1. The second kappa shape index (κ2) is 7.90. The van der Waals surface area contributed by atoms with Crippen molar-refractivity contribution in [2.24, 2.45) is 0 Å². The molecular weight excluding hydrogens is 348 g/mol. The van der Waals surface area contributed by atoms with Crippen LogP contribution in [-0.4, -0.2) is 54.3 Å². The molecule has 140 valence electrons. The highest BCUT2D eigenvalue weighted by Crippen LogP contribution is 2.28. The van der Waals surface area contributed by atoms with Crippen molar-refractivity contribution in [1.82, 2.24) is 14.9 Å². The summed E-state index contributed by atoms with van der Waals surface area (Å²) in [5, 5.41) is 0. The molecule has 2 aromatic rings. The van der Waals surface area contributed by atoms with E-state index in [9.17, 15) is 4.79 Å². The number of H-pyrrole nitrogens is 1. The minimum absolute atomic E-state index is 0.0532. The van der Waals surface area contributed by atoms with E-state index in [4.69, 9.17) is 9.72 Å². The number of ether oxygens (including phenoxy) is 1. The van der Waals surface area contributed by atoms with Crippen molar-refractivity contribution in [1.29, 1.82) is 0 Å². The summed E-state index contributed by atoms with van der Waals surface area (Å²) in [5.41, 5.74) is 0.879. The zero-order valence-electron chi connectivity index (χ0n) is 15.2. The van der Waals surface area contributed by atoms with Crippen molar-refractivity contribution in [2.75, 3.05) is 44.3 Å². The smallest absolute Gasteiger partial charge is 0.252 e. The lowest BCUT2D eigenvalue weighted by atomic mass is 9.94. The molecule has 4 rings (SSSR count). The molecule has 2 saturated heterocycles. The minimum atomic E-state index is -0.0532. The average Bonchev–Trinajstić information content (AvgIpc) is 3.07. The van der Waals surface area contributed by atoms with Gasteiger partial charge in [-0.15, -0.1) is 11.3 Å². The Labute approximate surface area is 157 Å². The Kier molecular flexibility index (Phi) is 5.38. The fourth-order valence-electron chi connectivity index (χ4n) is 3.83. The molecule has 1 atom stereocenters. The van der Waals surface area contributed by atoms with Crippen LogP contribution in [0.15, 0.2) is 23.0 Å². The zero-order valence-corrected chi connectivity index (χ0v) is 16.1. The minimum Gasteiger partial charge on any atom is -0.378 e. The lowest BCUT2D eigenvalue weighted by Crippen LogP contribution is -2.39. The normalized spacial score (nSPS) is 21.9. The molecule has 2 aliphatic rings. The number of morpholine rings is 1. The highest BCUT2D eigenvalue weighted by molar-refractivity contribution is 7.11. The average molecular weight is 375 g/mol. The third-order valence-corrected chi connectivity index (χ3v) is 6.14. The van der Waals surface area contributed by atoms with Gasteiger partial charge in [0.05, 0.1) is 18.9 Å². The summed E-state index contributed by atoms with van der Waals surface area (Å²) < 4.78 is 5.40. The number of aryl methyl sites for hydroxylation is 1. The van der Waals surface area contributed by atoms with Crippen LogP contribution in [0.5, 0.6) is 0 Å². The number of nitrogens with one attached hydrogen (secondary N) is 1. The van der Waals surface area contributed by atoms with Crippen LogP contribution >= 0.6 is 11.3 Å². The van der Waals surface area contributed by atoms with Gasteiger partial charge in [0.2, 0.25) is 5.95 Å². The Morgan fingerprint density at radius 3 is 2.92 bits per heavy atom. The van der Waals surface area contributed by atoms with Gasteiger partial charge in [0.1, 0.15) is 0 Å². The summed E-state index contributed by atoms with van der Waals surface area (Å²) in [6.07, 6.45) is 2.25. The third-order valence-electron chi connectivity index (χ3n) is 5.16. The molecule has 0 spiro atoms. The van der Waals surface area contributed by atoms with E-state index in [1.807, 2.05) is 11.3 Å². The van der Waals surface area contributed by atoms with Gasteiger partial charge in [0, 0.05) is 47.9 Å². The third kappa shape index (κ3) is 4.16. The first-order valence-corrected chi connectivity index (χ1v) is 10.2. The van der Waals surface area contributed by atoms with Gasteiger partial charge < -0.3 is 9.64 Å². The maximum absolute atomic E-state index is 12.2. The highest BCUT2D eigenvalue weighted by Gasteiger charge is 2.24. The molecule has 2 fully saturated rings. The van der Waals surface area contributed by atoms with E-state index in [2.05, 4.69) is 33.8 Å². The summed E-state index contributed by atoms with van der Waals surface area (Å²) in [4.78, 5) is 27.3. The fourth-order valence-corrected chi connectivity index (χ4v) is 4.76. The quantitative estimate of drug-likeness (QED) is 0.890.